The Hall–Kier alpha value is -1.04. The molecule has 0 heteroatoms. The highest BCUT2D eigenvalue weighted by molar-refractivity contribution is 5.24. The third-order valence-electron chi connectivity index (χ3n) is 11.1. The Kier molecular flexibility index (Phi) is 11.0. The summed E-state index contributed by atoms with van der Waals surface area (Å²) in [5.41, 5.74) is 4.75. The minimum absolute atomic E-state index is 0.714. The predicted molar refractivity (Wildman–Crippen MR) is 158 cm³/mol. The van der Waals surface area contributed by atoms with E-state index >= 15 is 0 Å². The smallest absolute Gasteiger partial charge is 0.0162 e. The number of hydrogen-bond donors (Lipinski definition) is 0. The van der Waals surface area contributed by atoms with Gasteiger partial charge in [0.05, 0.1) is 0 Å². The molecule has 4 atom stereocenters. The number of hydrogen-bond acceptors (Lipinski definition) is 0. The molecule has 3 aliphatic rings. The van der Waals surface area contributed by atoms with E-state index in [0.29, 0.717) is 5.92 Å². The minimum Gasteiger partial charge on any atom is -0.0848 e. The molecule has 0 nitrogen and oxygen atoms in total. The first-order chi connectivity index (χ1) is 17.5. The van der Waals surface area contributed by atoms with Crippen molar-refractivity contribution in [3.05, 3.63) is 47.0 Å². The molecule has 36 heavy (non-hydrogen) atoms. The van der Waals surface area contributed by atoms with Crippen LogP contribution in [0.5, 0.6) is 0 Å². The van der Waals surface area contributed by atoms with E-state index in [-0.39, 0.29) is 0 Å². The van der Waals surface area contributed by atoms with Crippen LogP contribution in [0.2, 0.25) is 0 Å². The summed E-state index contributed by atoms with van der Waals surface area (Å²) in [5.74, 6) is 6.32. The van der Waals surface area contributed by atoms with Crippen molar-refractivity contribution in [2.45, 2.75) is 143 Å². The topological polar surface area (TPSA) is 0 Å². The molecule has 4 unspecified atom stereocenters. The Labute approximate surface area is 225 Å². The molecule has 2 fully saturated rings. The second-order valence-electron chi connectivity index (χ2n) is 13.7. The van der Waals surface area contributed by atoms with Crippen molar-refractivity contribution in [3.8, 4) is 0 Å². The Morgan fingerprint density at radius 2 is 1.36 bits per heavy atom. The van der Waals surface area contributed by atoms with Gasteiger partial charge < -0.3 is 0 Å². The van der Waals surface area contributed by atoms with Crippen molar-refractivity contribution < 1.29 is 0 Å². The first-order valence-corrected chi connectivity index (χ1v) is 16.2. The van der Waals surface area contributed by atoms with Crippen molar-refractivity contribution in [3.63, 3.8) is 0 Å². The van der Waals surface area contributed by atoms with Crippen molar-refractivity contribution >= 4 is 0 Å². The quantitative estimate of drug-likeness (QED) is 0.270. The zero-order valence-corrected chi connectivity index (χ0v) is 24.4. The summed E-state index contributed by atoms with van der Waals surface area (Å²) >= 11 is 0. The van der Waals surface area contributed by atoms with Crippen LogP contribution in [-0.2, 0) is 0 Å². The number of rotatable bonds is 11. The van der Waals surface area contributed by atoms with Crippen LogP contribution in [0.25, 0.3) is 0 Å². The highest BCUT2D eigenvalue weighted by Gasteiger charge is 2.31. The molecule has 0 spiro atoms. The molecule has 202 valence electrons. The maximum Gasteiger partial charge on any atom is -0.0162 e. The Morgan fingerprint density at radius 1 is 0.694 bits per heavy atom. The Morgan fingerprint density at radius 3 is 2.00 bits per heavy atom. The van der Waals surface area contributed by atoms with E-state index in [1.165, 1.54) is 115 Å². The molecular weight excluding hydrogens is 432 g/mol. The summed E-state index contributed by atoms with van der Waals surface area (Å²) in [7, 11) is 0. The van der Waals surface area contributed by atoms with E-state index in [4.69, 9.17) is 0 Å². The monoisotopic (exact) mass is 490 g/mol. The first kappa shape index (κ1) is 28.0. The van der Waals surface area contributed by atoms with Gasteiger partial charge in [-0.3, -0.25) is 0 Å². The molecule has 3 aliphatic carbocycles. The van der Waals surface area contributed by atoms with Gasteiger partial charge in [0.25, 0.3) is 0 Å². The van der Waals surface area contributed by atoms with E-state index in [1.807, 2.05) is 5.57 Å². The van der Waals surface area contributed by atoms with Gasteiger partial charge in [0, 0.05) is 0 Å². The van der Waals surface area contributed by atoms with Crippen LogP contribution in [0.4, 0.5) is 0 Å². The molecule has 0 heterocycles. The van der Waals surface area contributed by atoms with Gasteiger partial charge in [0.2, 0.25) is 0 Å². The maximum absolute atomic E-state index is 2.70. The molecule has 0 radical (unpaired) electrons. The molecule has 4 rings (SSSR count). The molecular formula is C36H58. The fourth-order valence-electron chi connectivity index (χ4n) is 8.07. The summed E-state index contributed by atoms with van der Waals surface area (Å²) < 4.78 is 0. The lowest BCUT2D eigenvalue weighted by Gasteiger charge is -2.37. The summed E-state index contributed by atoms with van der Waals surface area (Å²) in [6.07, 6.45) is 27.7. The second-order valence-corrected chi connectivity index (χ2v) is 13.7. The highest BCUT2D eigenvalue weighted by Crippen LogP contribution is 2.44. The van der Waals surface area contributed by atoms with Gasteiger partial charge in [-0.25, -0.2) is 0 Å². The fraction of sp³-hybridized carbons (Fsp3) is 0.778. The first-order valence-electron chi connectivity index (χ1n) is 16.2. The van der Waals surface area contributed by atoms with Crippen molar-refractivity contribution in [1.29, 1.82) is 0 Å². The largest absolute Gasteiger partial charge is 0.0848 e. The van der Waals surface area contributed by atoms with Gasteiger partial charge in [-0.15, -0.1) is 0 Å². The van der Waals surface area contributed by atoms with Crippen LogP contribution in [0, 0.1) is 42.4 Å². The third kappa shape index (κ3) is 8.23. The van der Waals surface area contributed by atoms with E-state index in [9.17, 15) is 0 Å². The lowest BCUT2D eigenvalue weighted by atomic mass is 9.68. The van der Waals surface area contributed by atoms with Crippen LogP contribution < -0.4 is 0 Å². The molecule has 0 bridgehead atoms. The minimum atomic E-state index is 0.714. The molecule has 1 aromatic rings. The van der Waals surface area contributed by atoms with Gasteiger partial charge >= 0.3 is 0 Å². The summed E-state index contributed by atoms with van der Waals surface area (Å²) in [6.45, 7) is 9.77. The lowest BCUT2D eigenvalue weighted by Crippen LogP contribution is -2.25. The Balaban J connectivity index is 1.12. The highest BCUT2D eigenvalue weighted by atomic mass is 14.4. The van der Waals surface area contributed by atoms with E-state index in [1.54, 1.807) is 5.56 Å². The van der Waals surface area contributed by atoms with Gasteiger partial charge in [0.1, 0.15) is 0 Å². The summed E-state index contributed by atoms with van der Waals surface area (Å²) in [4.78, 5) is 0. The van der Waals surface area contributed by atoms with Gasteiger partial charge in [-0.05, 0) is 105 Å². The van der Waals surface area contributed by atoms with E-state index in [2.05, 4.69) is 58.0 Å². The zero-order valence-electron chi connectivity index (χ0n) is 24.4. The number of allylic oxidation sites excluding steroid dienone is 2. The summed E-state index contributed by atoms with van der Waals surface area (Å²) in [5, 5.41) is 0. The fourth-order valence-corrected chi connectivity index (χ4v) is 8.07. The van der Waals surface area contributed by atoms with Gasteiger partial charge in [-0.1, -0.05) is 120 Å². The SMILES string of the molecule is Cc1ccc(C(C)C2CCC(C(C)C3=CCC(CCC(C)CCCC4CCCCC4)CC3)CC2)cc1. The van der Waals surface area contributed by atoms with Gasteiger partial charge in [0.15, 0.2) is 0 Å². The molecule has 2 saturated carbocycles. The summed E-state index contributed by atoms with van der Waals surface area (Å²) in [6, 6.07) is 9.33. The number of aryl methyl sites for hydroxylation is 1. The average Bonchev–Trinajstić information content (AvgIpc) is 2.92. The predicted octanol–water partition coefficient (Wildman–Crippen LogP) is 11.4. The van der Waals surface area contributed by atoms with E-state index in [0.717, 1.165) is 35.5 Å². The van der Waals surface area contributed by atoms with Crippen LogP contribution in [0.15, 0.2) is 35.9 Å². The molecule has 0 aromatic heterocycles. The van der Waals surface area contributed by atoms with Crippen LogP contribution in [0.1, 0.15) is 147 Å². The Bertz CT molecular complexity index is 771. The van der Waals surface area contributed by atoms with Crippen LogP contribution in [-0.4, -0.2) is 0 Å². The van der Waals surface area contributed by atoms with Crippen LogP contribution >= 0.6 is 0 Å². The van der Waals surface area contributed by atoms with Crippen molar-refractivity contribution in [2.24, 2.45) is 35.5 Å². The van der Waals surface area contributed by atoms with Gasteiger partial charge in [-0.2, -0.15) is 0 Å². The standard InChI is InChI=1S/C36H58/c1-27(9-8-12-31-10-6-5-7-11-31)13-16-32-17-21-34(22-18-32)30(4)36-25-23-35(24-26-36)29(3)33-19-14-28(2)15-20-33/h14-15,19-21,27,29-32,35-36H,5-13,16-18,22-26H2,1-4H3. The normalized spacial score (nSPS) is 28.3. The second kappa shape index (κ2) is 14.2. The molecule has 0 N–H and O–H groups in total. The molecule has 0 saturated heterocycles. The van der Waals surface area contributed by atoms with Crippen molar-refractivity contribution in [2.75, 3.05) is 0 Å². The van der Waals surface area contributed by atoms with Crippen LogP contribution in [0.3, 0.4) is 0 Å². The average molecular weight is 491 g/mol. The molecule has 1 aromatic carbocycles. The molecule has 0 aliphatic heterocycles. The maximum atomic E-state index is 2.70. The number of benzene rings is 1. The third-order valence-corrected chi connectivity index (χ3v) is 11.1. The zero-order chi connectivity index (χ0) is 25.3. The molecule has 0 amide bonds. The van der Waals surface area contributed by atoms with E-state index < -0.39 is 0 Å². The van der Waals surface area contributed by atoms with Crippen molar-refractivity contribution in [1.82, 2.24) is 0 Å². The lowest BCUT2D eigenvalue weighted by molar-refractivity contribution is 0.209.